The molecule has 0 amide bonds. The highest BCUT2D eigenvalue weighted by Gasteiger charge is 2.31. The van der Waals surface area contributed by atoms with Crippen LogP contribution in [0.1, 0.15) is 76.7 Å². The molecular formula is C29H46NO10P. The summed E-state index contributed by atoms with van der Waals surface area (Å²) in [6.07, 6.45) is 13.3. The molecule has 1 heterocycles. The molecule has 4 atom stereocenters. The Labute approximate surface area is 242 Å². The van der Waals surface area contributed by atoms with Gasteiger partial charge in [-0.1, -0.05) is 82.6 Å². The van der Waals surface area contributed by atoms with E-state index in [1.165, 1.54) is 44.9 Å². The van der Waals surface area contributed by atoms with E-state index in [4.69, 9.17) is 29.6 Å². The average Bonchev–Trinajstić information content (AvgIpc) is 2.96. The van der Waals surface area contributed by atoms with Gasteiger partial charge in [-0.25, -0.2) is 4.57 Å². The second-order valence-electron chi connectivity index (χ2n) is 10.0. The highest BCUT2D eigenvalue weighted by Crippen LogP contribution is 2.43. The zero-order chi connectivity index (χ0) is 29.9. The Hall–Kier alpha value is -2.27. The summed E-state index contributed by atoms with van der Waals surface area (Å²) < 4.78 is 38.7. The number of esters is 1. The Balaban J connectivity index is 1.73. The van der Waals surface area contributed by atoms with Crippen molar-refractivity contribution in [1.29, 1.82) is 0 Å². The van der Waals surface area contributed by atoms with Gasteiger partial charge in [0, 0.05) is 6.42 Å². The molecule has 0 bridgehead atoms. The van der Waals surface area contributed by atoms with E-state index in [1.54, 1.807) is 12.2 Å². The molecule has 2 rings (SSSR count). The summed E-state index contributed by atoms with van der Waals surface area (Å²) in [5.74, 6) is -1.10. The van der Waals surface area contributed by atoms with E-state index in [9.17, 15) is 19.0 Å². The van der Waals surface area contributed by atoms with Crippen molar-refractivity contribution in [3.63, 3.8) is 0 Å². The smallest absolute Gasteiger partial charge is 0.472 e. The number of nitrogens with two attached hydrogens (primary N) is 1. The van der Waals surface area contributed by atoms with E-state index in [0.29, 0.717) is 13.0 Å². The van der Waals surface area contributed by atoms with Crippen LogP contribution in [0.4, 0.5) is 0 Å². The number of ether oxygens (including phenoxy) is 3. The predicted molar refractivity (Wildman–Crippen MR) is 154 cm³/mol. The van der Waals surface area contributed by atoms with E-state index in [0.717, 1.165) is 24.2 Å². The minimum absolute atomic E-state index is 0.102. The van der Waals surface area contributed by atoms with Gasteiger partial charge in [0.1, 0.15) is 24.0 Å². The van der Waals surface area contributed by atoms with Crippen molar-refractivity contribution in [3.8, 4) is 5.75 Å². The number of carbonyl (C=O) groups excluding carboxylic acids is 1. The van der Waals surface area contributed by atoms with Gasteiger partial charge < -0.3 is 29.9 Å². The van der Waals surface area contributed by atoms with Crippen LogP contribution in [0.15, 0.2) is 36.4 Å². The molecule has 1 aliphatic heterocycles. The lowest BCUT2D eigenvalue weighted by molar-refractivity contribution is -0.155. The molecule has 1 unspecified atom stereocenters. The van der Waals surface area contributed by atoms with Crippen LogP contribution in [0.25, 0.3) is 0 Å². The lowest BCUT2D eigenvalue weighted by atomic mass is 10.1. The maximum absolute atomic E-state index is 12.6. The van der Waals surface area contributed by atoms with Crippen molar-refractivity contribution in [2.75, 3.05) is 26.4 Å². The Morgan fingerprint density at radius 3 is 2.46 bits per heavy atom. The van der Waals surface area contributed by atoms with Gasteiger partial charge in [-0.05, 0) is 30.5 Å². The lowest BCUT2D eigenvalue weighted by Gasteiger charge is -2.28. The molecule has 0 saturated heterocycles. The molecule has 0 aliphatic carbocycles. The van der Waals surface area contributed by atoms with Gasteiger partial charge in [0.2, 0.25) is 0 Å². The monoisotopic (exact) mass is 599 g/mol. The fourth-order valence-corrected chi connectivity index (χ4v) is 4.95. The average molecular weight is 600 g/mol. The molecule has 1 aromatic carbocycles. The highest BCUT2D eigenvalue weighted by atomic mass is 31.2. The van der Waals surface area contributed by atoms with Crippen LogP contribution >= 0.6 is 7.82 Å². The number of carboxylic acid groups (broad SMARTS) is 1. The minimum Gasteiger partial charge on any atom is -0.493 e. The van der Waals surface area contributed by atoms with Crippen LogP contribution in [0.2, 0.25) is 0 Å². The third kappa shape index (κ3) is 15.0. The number of aliphatic carboxylic acids is 1. The fourth-order valence-electron chi connectivity index (χ4n) is 4.19. The number of rotatable bonds is 22. The zero-order valence-corrected chi connectivity index (χ0v) is 24.9. The van der Waals surface area contributed by atoms with E-state index in [-0.39, 0.29) is 13.0 Å². The van der Waals surface area contributed by atoms with Gasteiger partial charge in [-0.15, -0.1) is 0 Å². The molecule has 0 radical (unpaired) electrons. The summed E-state index contributed by atoms with van der Waals surface area (Å²) in [6.45, 7) is 1.92. The van der Waals surface area contributed by atoms with Crippen molar-refractivity contribution in [2.45, 2.75) is 95.8 Å². The first kappa shape index (κ1) is 34.9. The SMILES string of the molecule is CCCCCCCCCCCOc1ccccc1CCC(=O)O[C@@H]1C=CCO[C@@H]1COP(=O)(O)OC[C@H](N)C(=O)O. The topological polar surface area (TPSA) is 164 Å². The van der Waals surface area contributed by atoms with E-state index >= 15 is 0 Å². The predicted octanol–water partition coefficient (Wildman–Crippen LogP) is 4.94. The first-order valence-electron chi connectivity index (χ1n) is 14.5. The Morgan fingerprint density at radius 2 is 1.76 bits per heavy atom. The quantitative estimate of drug-likeness (QED) is 0.0716. The number of carbonyl (C=O) groups is 2. The van der Waals surface area contributed by atoms with Gasteiger partial charge in [0.05, 0.1) is 26.4 Å². The number of phosphoric ester groups is 1. The summed E-state index contributed by atoms with van der Waals surface area (Å²) in [4.78, 5) is 33.2. The first-order chi connectivity index (χ1) is 19.7. The first-order valence-corrected chi connectivity index (χ1v) is 16.0. The minimum atomic E-state index is -4.60. The standard InChI is InChI=1S/C29H46NO10P/c1-2-3-4-5-6-7-8-9-12-19-36-25-15-11-10-14-23(25)17-18-28(31)40-26-16-13-20-37-27(26)22-39-41(34,35)38-21-24(30)29(32)33/h10-11,13-16,24,26-27H,2-9,12,17-22,30H2,1H3,(H,32,33)(H,34,35)/t24-,26+,27+/m0/s1. The summed E-state index contributed by atoms with van der Waals surface area (Å²) >= 11 is 0. The normalized spacial score (nSPS) is 18.9. The molecule has 1 aromatic rings. The maximum Gasteiger partial charge on any atom is 0.472 e. The van der Waals surface area contributed by atoms with Crippen LogP contribution in [0.3, 0.4) is 0 Å². The van der Waals surface area contributed by atoms with Crippen LogP contribution in [0, 0.1) is 0 Å². The molecule has 0 aromatic heterocycles. The number of phosphoric acid groups is 1. The van der Waals surface area contributed by atoms with Crippen LogP contribution in [-0.2, 0) is 39.1 Å². The maximum atomic E-state index is 12.6. The van der Waals surface area contributed by atoms with E-state index in [2.05, 4.69) is 11.4 Å². The van der Waals surface area contributed by atoms with Gasteiger partial charge in [-0.3, -0.25) is 18.6 Å². The third-order valence-corrected chi connectivity index (χ3v) is 7.53. The third-order valence-electron chi connectivity index (χ3n) is 6.58. The van der Waals surface area contributed by atoms with Crippen molar-refractivity contribution in [2.24, 2.45) is 5.73 Å². The van der Waals surface area contributed by atoms with E-state index in [1.807, 2.05) is 24.3 Å². The molecule has 232 valence electrons. The summed E-state index contributed by atoms with van der Waals surface area (Å²) in [7, 11) is -4.60. The van der Waals surface area contributed by atoms with E-state index < -0.39 is 51.2 Å². The van der Waals surface area contributed by atoms with Crippen molar-refractivity contribution >= 4 is 19.8 Å². The number of hydrogen-bond acceptors (Lipinski definition) is 9. The second-order valence-corrected chi connectivity index (χ2v) is 11.5. The Bertz CT molecular complexity index is 988. The van der Waals surface area contributed by atoms with Crippen LogP contribution in [-0.4, -0.2) is 66.6 Å². The highest BCUT2D eigenvalue weighted by molar-refractivity contribution is 7.47. The number of para-hydroxylation sites is 1. The van der Waals surface area contributed by atoms with Gasteiger partial charge in [0.15, 0.2) is 0 Å². The van der Waals surface area contributed by atoms with Crippen LogP contribution in [0.5, 0.6) is 5.75 Å². The summed E-state index contributed by atoms with van der Waals surface area (Å²) in [6, 6.07) is 6.15. The van der Waals surface area contributed by atoms with Gasteiger partial charge in [-0.2, -0.15) is 0 Å². The molecule has 11 nitrogen and oxygen atoms in total. The number of hydrogen-bond donors (Lipinski definition) is 3. The molecule has 1 aliphatic rings. The molecule has 12 heteroatoms. The van der Waals surface area contributed by atoms with Crippen LogP contribution < -0.4 is 10.5 Å². The molecule has 41 heavy (non-hydrogen) atoms. The number of carboxylic acids is 1. The number of aryl methyl sites for hydroxylation is 1. The summed E-state index contributed by atoms with van der Waals surface area (Å²) in [5, 5.41) is 8.76. The number of benzene rings is 1. The van der Waals surface area contributed by atoms with Gasteiger partial charge >= 0.3 is 19.8 Å². The second kappa shape index (κ2) is 19.8. The zero-order valence-electron chi connectivity index (χ0n) is 24.0. The molecule has 4 N–H and O–H groups in total. The molecule has 0 fully saturated rings. The molecular weight excluding hydrogens is 553 g/mol. The number of unbranched alkanes of at least 4 members (excludes halogenated alkanes) is 8. The summed E-state index contributed by atoms with van der Waals surface area (Å²) in [5.41, 5.74) is 6.18. The fraction of sp³-hybridized carbons (Fsp3) is 0.655. The van der Waals surface area contributed by atoms with Crippen molar-refractivity contribution in [1.82, 2.24) is 0 Å². The lowest BCUT2D eigenvalue weighted by Crippen LogP contribution is -2.38. The van der Waals surface area contributed by atoms with Gasteiger partial charge in [0.25, 0.3) is 0 Å². The molecule has 0 saturated carbocycles. The Morgan fingerprint density at radius 1 is 1.07 bits per heavy atom. The molecule has 0 spiro atoms. The van der Waals surface area contributed by atoms with Crippen molar-refractivity contribution in [3.05, 3.63) is 42.0 Å². The largest absolute Gasteiger partial charge is 0.493 e. The Kier molecular flexibility index (Phi) is 16.8. The van der Waals surface area contributed by atoms with Crippen molar-refractivity contribution < 1.29 is 47.4 Å².